The van der Waals surface area contributed by atoms with Crippen molar-refractivity contribution in [3.63, 3.8) is 0 Å². The molecule has 4 N–H and O–H groups in total. The van der Waals surface area contributed by atoms with Crippen LogP contribution in [0.3, 0.4) is 0 Å². The molecule has 1 heterocycles. The van der Waals surface area contributed by atoms with Crippen LogP contribution in [0.2, 0.25) is 0 Å². The predicted molar refractivity (Wildman–Crippen MR) is 48.5 cm³/mol. The topological polar surface area (TPSA) is 99.1 Å². The summed E-state index contributed by atoms with van der Waals surface area (Å²) in [4.78, 5) is 3.47. The molecule has 8 heteroatoms. The summed E-state index contributed by atoms with van der Waals surface area (Å²) in [6, 6.07) is 1.88. The van der Waals surface area contributed by atoms with Crippen molar-refractivity contribution in [2.75, 3.05) is 0 Å². The molecule has 84 valence electrons. The number of hydrogen-bond acceptors (Lipinski definition) is 4. The summed E-state index contributed by atoms with van der Waals surface area (Å²) in [6.07, 6.45) is -2.74. The van der Waals surface area contributed by atoms with Gasteiger partial charge in [0.1, 0.15) is 0 Å². The molecule has 0 aliphatic carbocycles. The second kappa shape index (κ2) is 4.17. The summed E-state index contributed by atoms with van der Waals surface area (Å²) in [5, 5.41) is 4.32. The average molecular weight is 237 g/mol. The van der Waals surface area contributed by atoms with Crippen molar-refractivity contribution >= 4 is 10.0 Å². The molecule has 0 aliphatic rings. The summed E-state index contributed by atoms with van der Waals surface area (Å²) < 4.78 is 46.5. The van der Waals surface area contributed by atoms with Gasteiger partial charge in [-0.2, -0.15) is 0 Å². The van der Waals surface area contributed by atoms with Crippen molar-refractivity contribution in [3.8, 4) is 0 Å². The van der Waals surface area contributed by atoms with Crippen molar-refractivity contribution in [3.05, 3.63) is 23.4 Å². The van der Waals surface area contributed by atoms with Gasteiger partial charge in [0, 0.05) is 12.1 Å². The van der Waals surface area contributed by atoms with Gasteiger partial charge in [-0.15, -0.1) is 0 Å². The molecule has 0 spiro atoms. The first-order chi connectivity index (χ1) is 6.86. The van der Waals surface area contributed by atoms with Crippen molar-refractivity contribution in [1.82, 2.24) is 4.98 Å². The van der Waals surface area contributed by atoms with Crippen LogP contribution in [0.4, 0.5) is 8.78 Å². The quantitative estimate of drug-likeness (QED) is 0.780. The third-order valence-corrected chi connectivity index (χ3v) is 2.51. The van der Waals surface area contributed by atoms with Gasteiger partial charge in [0.05, 0.1) is 5.69 Å². The van der Waals surface area contributed by atoms with E-state index in [1.165, 1.54) is 0 Å². The van der Waals surface area contributed by atoms with Gasteiger partial charge in [-0.1, -0.05) is 0 Å². The molecule has 0 aliphatic heterocycles. The number of rotatable bonds is 3. The maximum Gasteiger partial charge on any atom is 0.265 e. The third kappa shape index (κ3) is 2.67. The minimum Gasteiger partial charge on any atom is -0.325 e. The van der Waals surface area contributed by atoms with Crippen LogP contribution < -0.4 is 10.9 Å². The highest BCUT2D eigenvalue weighted by atomic mass is 32.2. The average Bonchev–Trinajstić information content (AvgIpc) is 2.15. The zero-order chi connectivity index (χ0) is 11.6. The van der Waals surface area contributed by atoms with E-state index < -0.39 is 21.5 Å². The SMILES string of the molecule is NCc1nc(S(N)(=O)=O)ccc1C(F)F. The van der Waals surface area contributed by atoms with Crippen LogP contribution in [0.5, 0.6) is 0 Å². The highest BCUT2D eigenvalue weighted by molar-refractivity contribution is 7.89. The van der Waals surface area contributed by atoms with Crippen LogP contribution >= 0.6 is 0 Å². The summed E-state index contributed by atoms with van der Waals surface area (Å²) >= 11 is 0. The smallest absolute Gasteiger partial charge is 0.265 e. The summed E-state index contributed by atoms with van der Waals surface area (Å²) in [7, 11) is -3.99. The molecule has 15 heavy (non-hydrogen) atoms. The maximum atomic E-state index is 12.4. The number of nitrogens with two attached hydrogens (primary N) is 2. The first-order valence-electron chi connectivity index (χ1n) is 3.87. The Morgan fingerprint density at radius 3 is 2.40 bits per heavy atom. The lowest BCUT2D eigenvalue weighted by Gasteiger charge is -2.07. The van der Waals surface area contributed by atoms with Gasteiger partial charge in [0.15, 0.2) is 5.03 Å². The molecule has 0 radical (unpaired) electrons. The Labute approximate surface area is 85.2 Å². The highest BCUT2D eigenvalue weighted by Gasteiger charge is 2.17. The zero-order valence-corrected chi connectivity index (χ0v) is 8.34. The van der Waals surface area contributed by atoms with E-state index in [0.717, 1.165) is 12.1 Å². The molecular weight excluding hydrogens is 228 g/mol. The summed E-state index contributed by atoms with van der Waals surface area (Å²) in [5.41, 5.74) is 4.61. The van der Waals surface area contributed by atoms with Gasteiger partial charge in [0.25, 0.3) is 16.4 Å². The monoisotopic (exact) mass is 237 g/mol. The fourth-order valence-corrected chi connectivity index (χ4v) is 1.51. The van der Waals surface area contributed by atoms with E-state index in [9.17, 15) is 17.2 Å². The molecule has 1 rings (SSSR count). The van der Waals surface area contributed by atoms with Crippen LogP contribution in [0, 0.1) is 0 Å². The number of aromatic nitrogens is 1. The normalized spacial score (nSPS) is 12.1. The largest absolute Gasteiger partial charge is 0.325 e. The molecule has 1 aromatic heterocycles. The van der Waals surface area contributed by atoms with Crippen molar-refractivity contribution in [2.24, 2.45) is 10.9 Å². The van der Waals surface area contributed by atoms with Crippen LogP contribution in [0.25, 0.3) is 0 Å². The molecular formula is C7H9F2N3O2S. The highest BCUT2D eigenvalue weighted by Crippen LogP contribution is 2.22. The molecule has 0 fully saturated rings. The Balaban J connectivity index is 3.32. The molecule has 0 atom stereocenters. The van der Waals surface area contributed by atoms with Crippen LogP contribution in [-0.2, 0) is 16.6 Å². The van der Waals surface area contributed by atoms with E-state index in [1.807, 2.05) is 0 Å². The maximum absolute atomic E-state index is 12.4. The number of pyridine rings is 1. The second-order valence-corrected chi connectivity index (χ2v) is 4.24. The lowest BCUT2D eigenvalue weighted by molar-refractivity contribution is 0.149. The van der Waals surface area contributed by atoms with E-state index >= 15 is 0 Å². The van der Waals surface area contributed by atoms with Crippen LogP contribution in [0.1, 0.15) is 17.7 Å². The first-order valence-corrected chi connectivity index (χ1v) is 5.41. The first kappa shape index (κ1) is 12.0. The molecule has 0 unspecified atom stereocenters. The lowest BCUT2D eigenvalue weighted by atomic mass is 10.2. The van der Waals surface area contributed by atoms with Gasteiger partial charge in [-0.05, 0) is 12.1 Å². The van der Waals surface area contributed by atoms with E-state index in [-0.39, 0.29) is 17.8 Å². The molecule has 0 saturated heterocycles. The Morgan fingerprint density at radius 1 is 1.40 bits per heavy atom. The summed E-state index contributed by atoms with van der Waals surface area (Å²) in [5.74, 6) is 0. The molecule has 0 saturated carbocycles. The second-order valence-electron chi connectivity index (χ2n) is 2.74. The fourth-order valence-electron chi connectivity index (χ4n) is 1.01. The van der Waals surface area contributed by atoms with Crippen molar-refractivity contribution in [2.45, 2.75) is 18.0 Å². The Hall–Kier alpha value is -1.12. The van der Waals surface area contributed by atoms with E-state index in [0.29, 0.717) is 0 Å². The minimum absolute atomic E-state index is 0.170. The van der Waals surface area contributed by atoms with Crippen molar-refractivity contribution in [1.29, 1.82) is 0 Å². The van der Waals surface area contributed by atoms with Crippen LogP contribution in [-0.4, -0.2) is 13.4 Å². The van der Waals surface area contributed by atoms with E-state index in [1.54, 1.807) is 0 Å². The molecule has 1 aromatic rings. The lowest BCUT2D eigenvalue weighted by Crippen LogP contribution is -2.16. The number of sulfonamides is 1. The fraction of sp³-hybridized carbons (Fsp3) is 0.286. The third-order valence-electron chi connectivity index (χ3n) is 1.70. The minimum atomic E-state index is -3.99. The van der Waals surface area contributed by atoms with Crippen LogP contribution in [0.15, 0.2) is 17.2 Å². The Bertz CT molecular complexity index is 461. The van der Waals surface area contributed by atoms with E-state index in [4.69, 9.17) is 10.9 Å². The van der Waals surface area contributed by atoms with Gasteiger partial charge in [0.2, 0.25) is 0 Å². The number of halogens is 2. The van der Waals surface area contributed by atoms with Gasteiger partial charge in [-0.25, -0.2) is 27.3 Å². The van der Waals surface area contributed by atoms with Gasteiger partial charge in [-0.3, -0.25) is 0 Å². The molecule has 0 aromatic carbocycles. The standard InChI is InChI=1S/C7H9F2N3O2S/c8-7(9)4-1-2-6(15(11,13)14)12-5(4)3-10/h1-2,7H,3,10H2,(H2,11,13,14). The molecule has 0 amide bonds. The number of hydrogen-bond donors (Lipinski definition) is 2. The summed E-state index contributed by atoms with van der Waals surface area (Å²) in [6.45, 7) is -0.275. The zero-order valence-electron chi connectivity index (χ0n) is 7.52. The van der Waals surface area contributed by atoms with Crippen molar-refractivity contribution < 1.29 is 17.2 Å². The predicted octanol–water partition coefficient (Wildman–Crippen LogP) is 0.125. The molecule has 5 nitrogen and oxygen atoms in total. The number of nitrogens with zero attached hydrogens (tertiary/aromatic N) is 1. The van der Waals surface area contributed by atoms with E-state index in [2.05, 4.69) is 4.98 Å². The van der Waals surface area contributed by atoms with Gasteiger partial charge < -0.3 is 5.73 Å². The van der Waals surface area contributed by atoms with Gasteiger partial charge >= 0.3 is 0 Å². The Morgan fingerprint density at radius 2 is 2.00 bits per heavy atom. The Kier molecular flexibility index (Phi) is 3.32. The number of alkyl halides is 2. The molecule has 0 bridgehead atoms. The number of primary sulfonamides is 1.